The highest BCUT2D eigenvalue weighted by Gasteiger charge is 2.40. The van der Waals surface area contributed by atoms with Crippen molar-refractivity contribution in [3.8, 4) is 0 Å². The largest absolute Gasteiger partial charge is 0.462 e. The van der Waals surface area contributed by atoms with E-state index in [0.29, 0.717) is 12.8 Å². The summed E-state index contributed by atoms with van der Waals surface area (Å²) in [5, 5.41) is 31.8. The van der Waals surface area contributed by atoms with Crippen molar-refractivity contribution in [1.29, 1.82) is 0 Å². The van der Waals surface area contributed by atoms with E-state index in [1.54, 1.807) is 0 Å². The van der Waals surface area contributed by atoms with Crippen molar-refractivity contribution < 1.29 is 39.1 Å². The van der Waals surface area contributed by atoms with Crippen LogP contribution in [0.2, 0.25) is 0 Å². The molecule has 0 radical (unpaired) electrons. The Morgan fingerprint density at radius 3 is 1.78 bits per heavy atom. The maximum absolute atomic E-state index is 11.9. The second kappa shape index (κ2) is 21.7. The summed E-state index contributed by atoms with van der Waals surface area (Å²) in [4.78, 5) is 23.1. The lowest BCUT2D eigenvalue weighted by atomic mass is 9.96. The summed E-state index contributed by atoms with van der Waals surface area (Å²) in [6, 6.07) is 0. The number of Topliss-reactive ketones (excluding diaryl/α,β-unsaturated/α-hetero) is 1. The Labute approximate surface area is 273 Å². The number of ether oxygens (including phenoxy) is 3. The second-order valence-electron chi connectivity index (χ2n) is 14.5. The lowest BCUT2D eigenvalue weighted by Crippen LogP contribution is -2.33. The van der Waals surface area contributed by atoms with E-state index in [-0.39, 0.29) is 66.8 Å². The summed E-state index contributed by atoms with van der Waals surface area (Å²) >= 11 is 0. The molecule has 3 rings (SSSR count). The Hall–Kier alpha value is -1.06. The average Bonchev–Trinajstić information content (AvgIpc) is 3.77. The number of unbranched alkanes of at least 4 members (excludes halogenated alkanes) is 10. The third-order valence-corrected chi connectivity index (χ3v) is 10.3. The van der Waals surface area contributed by atoms with Crippen LogP contribution < -0.4 is 0 Å². The molecule has 3 aliphatic heterocycles. The average molecular weight is 639 g/mol. The van der Waals surface area contributed by atoms with Crippen LogP contribution >= 0.6 is 0 Å². The highest BCUT2D eigenvalue weighted by Crippen LogP contribution is 2.35. The number of aliphatic hydroxyl groups excluding tert-OH is 3. The number of carbonyl (C=O) groups is 2. The summed E-state index contributed by atoms with van der Waals surface area (Å²) in [5.41, 5.74) is 0. The molecule has 2 unspecified atom stereocenters. The van der Waals surface area contributed by atoms with Gasteiger partial charge in [-0.2, -0.15) is 0 Å². The van der Waals surface area contributed by atoms with Crippen LogP contribution in [-0.4, -0.2) is 75.9 Å². The fourth-order valence-electron chi connectivity index (χ4n) is 7.57. The van der Waals surface area contributed by atoms with Crippen molar-refractivity contribution in [2.45, 2.75) is 217 Å². The Morgan fingerprint density at radius 1 is 0.711 bits per heavy atom. The van der Waals surface area contributed by atoms with Gasteiger partial charge >= 0.3 is 5.97 Å². The number of carbonyl (C=O) groups excluding carboxylic acids is 2. The Bertz CT molecular complexity index is 820. The van der Waals surface area contributed by atoms with E-state index in [0.717, 1.165) is 89.9 Å². The van der Waals surface area contributed by atoms with E-state index in [1.807, 2.05) is 0 Å². The van der Waals surface area contributed by atoms with Crippen LogP contribution in [0.4, 0.5) is 0 Å². The molecule has 0 bridgehead atoms. The van der Waals surface area contributed by atoms with E-state index in [9.17, 15) is 24.9 Å². The summed E-state index contributed by atoms with van der Waals surface area (Å²) in [7, 11) is 0. The van der Waals surface area contributed by atoms with Gasteiger partial charge in [0.05, 0.1) is 48.6 Å². The third kappa shape index (κ3) is 14.7. The maximum atomic E-state index is 11.9. The first-order valence-corrected chi connectivity index (χ1v) is 18.8. The third-order valence-electron chi connectivity index (χ3n) is 10.3. The monoisotopic (exact) mass is 638 g/mol. The first-order valence-electron chi connectivity index (χ1n) is 18.8. The number of hydrogen-bond donors (Lipinski definition) is 3. The molecule has 0 aromatic heterocycles. The van der Waals surface area contributed by atoms with Gasteiger partial charge in [0.1, 0.15) is 11.9 Å². The van der Waals surface area contributed by atoms with E-state index in [1.165, 1.54) is 51.9 Å². The smallest absolute Gasteiger partial charge is 0.309 e. The quantitative estimate of drug-likeness (QED) is 0.0714. The molecule has 3 N–H and O–H groups in total. The molecule has 8 heteroatoms. The predicted octanol–water partition coefficient (Wildman–Crippen LogP) is 7.12. The van der Waals surface area contributed by atoms with Crippen LogP contribution in [0.3, 0.4) is 0 Å². The van der Waals surface area contributed by atoms with Crippen LogP contribution in [0.5, 0.6) is 0 Å². The molecule has 0 aliphatic carbocycles. The van der Waals surface area contributed by atoms with E-state index < -0.39 is 6.10 Å². The van der Waals surface area contributed by atoms with Crippen LogP contribution in [0.1, 0.15) is 168 Å². The van der Waals surface area contributed by atoms with E-state index >= 15 is 0 Å². The minimum absolute atomic E-state index is 0.00878. The number of esters is 1. The van der Waals surface area contributed by atoms with Crippen LogP contribution in [0, 0.1) is 5.92 Å². The highest BCUT2D eigenvalue weighted by atomic mass is 16.6. The van der Waals surface area contributed by atoms with Crippen molar-refractivity contribution in [3.63, 3.8) is 0 Å². The standard InChI is InChI=1S/C37H66O8/c1-3-4-5-6-7-8-9-13-19-31(40)33-21-23-35(44-33)36-24-22-34(45-36)32(41)20-15-14-17-29(39)16-11-10-12-18-30-26-28(25-27(2)38)37(42)43-30/h28-36,39-41H,3-26H2,1-2H3/t28?,29-,30?,31-,32-,33-,34-,35+,36-/m1/s1. The van der Waals surface area contributed by atoms with Gasteiger partial charge in [-0.25, -0.2) is 0 Å². The van der Waals surface area contributed by atoms with Gasteiger partial charge in [-0.3, -0.25) is 4.79 Å². The van der Waals surface area contributed by atoms with Crippen LogP contribution in [0.25, 0.3) is 0 Å². The molecule has 0 spiro atoms. The lowest BCUT2D eigenvalue weighted by molar-refractivity contribution is -0.145. The van der Waals surface area contributed by atoms with Gasteiger partial charge in [0.15, 0.2) is 0 Å². The molecule has 3 heterocycles. The van der Waals surface area contributed by atoms with Gasteiger partial charge in [0.2, 0.25) is 0 Å². The number of aliphatic hydroxyl groups is 3. The predicted molar refractivity (Wildman–Crippen MR) is 176 cm³/mol. The molecule has 0 amide bonds. The van der Waals surface area contributed by atoms with Crippen molar-refractivity contribution in [3.05, 3.63) is 0 Å². The molecule has 3 aliphatic rings. The molecular weight excluding hydrogens is 572 g/mol. The molecule has 0 saturated carbocycles. The van der Waals surface area contributed by atoms with Gasteiger partial charge in [0.25, 0.3) is 0 Å². The molecule has 3 saturated heterocycles. The zero-order chi connectivity index (χ0) is 32.4. The van der Waals surface area contributed by atoms with E-state index in [4.69, 9.17) is 14.2 Å². The number of hydrogen-bond acceptors (Lipinski definition) is 8. The van der Waals surface area contributed by atoms with Crippen molar-refractivity contribution >= 4 is 11.8 Å². The summed E-state index contributed by atoms with van der Waals surface area (Å²) in [5.74, 6) is -0.463. The van der Waals surface area contributed by atoms with Gasteiger partial charge in [-0.1, -0.05) is 84.0 Å². The Balaban J connectivity index is 1.16. The summed E-state index contributed by atoms with van der Waals surface area (Å²) in [6.07, 6.45) is 21.6. The van der Waals surface area contributed by atoms with Crippen molar-refractivity contribution in [1.82, 2.24) is 0 Å². The van der Waals surface area contributed by atoms with Gasteiger partial charge in [0, 0.05) is 6.42 Å². The minimum atomic E-state index is -0.489. The Morgan fingerprint density at radius 2 is 1.20 bits per heavy atom. The summed E-state index contributed by atoms with van der Waals surface area (Å²) < 4.78 is 17.9. The number of rotatable bonds is 25. The SMILES string of the molecule is CCCCCCCCCC[C@@H](O)[C@H]1CC[C@@H]([C@H]2CC[C@H]([C@H](O)CCCC[C@H](O)CCCCCC3CC(CC(C)=O)C(=O)O3)O2)O1. The van der Waals surface area contributed by atoms with Gasteiger partial charge < -0.3 is 34.3 Å². The molecule has 0 aromatic rings. The van der Waals surface area contributed by atoms with Crippen LogP contribution in [0.15, 0.2) is 0 Å². The normalized spacial score (nSPS) is 28.8. The molecule has 8 nitrogen and oxygen atoms in total. The van der Waals surface area contributed by atoms with Gasteiger partial charge in [-0.05, 0) is 77.6 Å². The van der Waals surface area contributed by atoms with Crippen molar-refractivity contribution in [2.24, 2.45) is 5.92 Å². The number of cyclic esters (lactones) is 1. The van der Waals surface area contributed by atoms with E-state index in [2.05, 4.69) is 6.92 Å². The molecule has 9 atom stereocenters. The molecule has 0 aromatic carbocycles. The zero-order valence-corrected chi connectivity index (χ0v) is 28.5. The fraction of sp³-hybridized carbons (Fsp3) is 0.946. The second-order valence-corrected chi connectivity index (χ2v) is 14.5. The first-order chi connectivity index (χ1) is 21.8. The van der Waals surface area contributed by atoms with Gasteiger partial charge in [-0.15, -0.1) is 0 Å². The molecule has 262 valence electrons. The summed E-state index contributed by atoms with van der Waals surface area (Å²) in [6.45, 7) is 3.76. The first kappa shape index (κ1) is 38.4. The lowest BCUT2D eigenvalue weighted by Gasteiger charge is -2.24. The van der Waals surface area contributed by atoms with Crippen molar-refractivity contribution in [2.75, 3.05) is 0 Å². The van der Waals surface area contributed by atoms with Crippen LogP contribution in [-0.2, 0) is 23.8 Å². The Kier molecular flexibility index (Phi) is 18.5. The maximum Gasteiger partial charge on any atom is 0.309 e. The molecule has 45 heavy (non-hydrogen) atoms. The minimum Gasteiger partial charge on any atom is -0.462 e. The zero-order valence-electron chi connectivity index (χ0n) is 28.5. The molecular formula is C37H66O8. The highest BCUT2D eigenvalue weighted by molar-refractivity contribution is 5.83. The molecule has 3 fully saturated rings. The topological polar surface area (TPSA) is 123 Å². The fourth-order valence-corrected chi connectivity index (χ4v) is 7.57. The number of ketones is 1.